The van der Waals surface area contributed by atoms with Gasteiger partial charge in [-0.25, -0.2) is 0 Å². The Labute approximate surface area is 74.3 Å². The molecule has 0 saturated carbocycles. The fourth-order valence-electron chi connectivity index (χ4n) is 1.43. The van der Waals surface area contributed by atoms with E-state index in [2.05, 4.69) is 11.8 Å². The SMILES string of the molecule is CC[C@@H](O)CN1CCOCC1C. The molecule has 3 heteroatoms. The van der Waals surface area contributed by atoms with E-state index >= 15 is 0 Å². The second-order valence-electron chi connectivity index (χ2n) is 3.48. The Balaban J connectivity index is 2.28. The summed E-state index contributed by atoms with van der Waals surface area (Å²) in [5.41, 5.74) is 0. The predicted octanol–water partition coefficient (Wildman–Crippen LogP) is 0.478. The summed E-state index contributed by atoms with van der Waals surface area (Å²) in [4.78, 5) is 2.29. The highest BCUT2D eigenvalue weighted by Gasteiger charge is 2.20. The highest BCUT2D eigenvalue weighted by atomic mass is 16.5. The molecule has 0 aromatic carbocycles. The molecule has 0 aromatic rings. The maximum absolute atomic E-state index is 9.45. The first-order valence-corrected chi connectivity index (χ1v) is 4.74. The monoisotopic (exact) mass is 173 g/mol. The van der Waals surface area contributed by atoms with Crippen molar-refractivity contribution in [2.75, 3.05) is 26.3 Å². The van der Waals surface area contributed by atoms with Gasteiger partial charge in [0.15, 0.2) is 0 Å². The largest absolute Gasteiger partial charge is 0.392 e. The molecule has 3 nitrogen and oxygen atoms in total. The van der Waals surface area contributed by atoms with E-state index in [-0.39, 0.29) is 6.10 Å². The van der Waals surface area contributed by atoms with Gasteiger partial charge in [-0.05, 0) is 13.3 Å². The minimum atomic E-state index is -0.175. The summed E-state index contributed by atoms with van der Waals surface area (Å²) in [6.45, 7) is 7.51. The molecule has 1 saturated heterocycles. The normalized spacial score (nSPS) is 28.8. The maximum atomic E-state index is 9.45. The first kappa shape index (κ1) is 9.96. The van der Waals surface area contributed by atoms with Crippen molar-refractivity contribution in [3.8, 4) is 0 Å². The number of aliphatic hydroxyl groups is 1. The van der Waals surface area contributed by atoms with Gasteiger partial charge in [-0.15, -0.1) is 0 Å². The van der Waals surface area contributed by atoms with E-state index < -0.39 is 0 Å². The molecule has 1 aliphatic heterocycles. The topological polar surface area (TPSA) is 32.7 Å². The highest BCUT2D eigenvalue weighted by Crippen LogP contribution is 2.07. The fraction of sp³-hybridized carbons (Fsp3) is 1.00. The predicted molar refractivity (Wildman–Crippen MR) is 48.2 cm³/mol. The average Bonchev–Trinajstić information content (AvgIpc) is 2.09. The molecule has 12 heavy (non-hydrogen) atoms. The third-order valence-corrected chi connectivity index (χ3v) is 2.42. The Morgan fingerprint density at radius 3 is 3.00 bits per heavy atom. The van der Waals surface area contributed by atoms with Crippen molar-refractivity contribution in [3.63, 3.8) is 0 Å². The minimum Gasteiger partial charge on any atom is -0.392 e. The molecule has 1 unspecified atom stereocenters. The van der Waals surface area contributed by atoms with Crippen LogP contribution in [0.25, 0.3) is 0 Å². The van der Waals surface area contributed by atoms with Crippen LogP contribution < -0.4 is 0 Å². The summed E-state index contributed by atoms with van der Waals surface area (Å²) in [7, 11) is 0. The van der Waals surface area contributed by atoms with Crippen LogP contribution in [0.15, 0.2) is 0 Å². The first-order valence-electron chi connectivity index (χ1n) is 4.74. The van der Waals surface area contributed by atoms with E-state index in [0.29, 0.717) is 6.04 Å². The number of nitrogens with zero attached hydrogens (tertiary/aromatic N) is 1. The van der Waals surface area contributed by atoms with Gasteiger partial charge in [-0.2, -0.15) is 0 Å². The molecule has 72 valence electrons. The number of hydrogen-bond donors (Lipinski definition) is 1. The molecule has 1 heterocycles. The van der Waals surface area contributed by atoms with Gasteiger partial charge in [0.05, 0.1) is 19.3 Å². The van der Waals surface area contributed by atoms with Crippen LogP contribution in [0.5, 0.6) is 0 Å². The van der Waals surface area contributed by atoms with E-state index in [1.807, 2.05) is 6.92 Å². The van der Waals surface area contributed by atoms with E-state index in [0.717, 1.165) is 32.7 Å². The Kier molecular flexibility index (Phi) is 3.98. The molecule has 0 aromatic heterocycles. The second kappa shape index (κ2) is 4.80. The highest BCUT2D eigenvalue weighted by molar-refractivity contribution is 4.73. The van der Waals surface area contributed by atoms with Crippen LogP contribution in [0.2, 0.25) is 0 Å². The fourth-order valence-corrected chi connectivity index (χ4v) is 1.43. The molecule has 1 fully saturated rings. The number of β-amino-alcohol motifs (C(OH)–C–C–N with tert-alkyl or cyclic N) is 1. The summed E-state index contributed by atoms with van der Waals surface area (Å²) in [5, 5.41) is 9.45. The molecule has 0 bridgehead atoms. The van der Waals surface area contributed by atoms with Crippen molar-refractivity contribution < 1.29 is 9.84 Å². The molecule has 0 aliphatic carbocycles. The zero-order chi connectivity index (χ0) is 8.97. The summed E-state index contributed by atoms with van der Waals surface area (Å²) < 4.78 is 5.30. The van der Waals surface area contributed by atoms with Gasteiger partial charge in [-0.3, -0.25) is 4.90 Å². The number of morpholine rings is 1. The second-order valence-corrected chi connectivity index (χ2v) is 3.48. The lowest BCUT2D eigenvalue weighted by Crippen LogP contribution is -2.46. The zero-order valence-electron chi connectivity index (χ0n) is 7.99. The molecule has 0 radical (unpaired) electrons. The van der Waals surface area contributed by atoms with E-state index in [9.17, 15) is 5.11 Å². The Morgan fingerprint density at radius 2 is 2.42 bits per heavy atom. The lowest BCUT2D eigenvalue weighted by atomic mass is 10.2. The van der Waals surface area contributed by atoms with Crippen molar-refractivity contribution in [3.05, 3.63) is 0 Å². The minimum absolute atomic E-state index is 0.175. The molecular formula is C9H19NO2. The molecular weight excluding hydrogens is 154 g/mol. The Morgan fingerprint density at radius 1 is 1.67 bits per heavy atom. The van der Waals surface area contributed by atoms with Gasteiger partial charge in [0, 0.05) is 19.1 Å². The van der Waals surface area contributed by atoms with Crippen LogP contribution in [-0.4, -0.2) is 48.5 Å². The van der Waals surface area contributed by atoms with Gasteiger partial charge in [0.25, 0.3) is 0 Å². The van der Waals surface area contributed by atoms with Crippen molar-refractivity contribution in [1.82, 2.24) is 4.90 Å². The van der Waals surface area contributed by atoms with Crippen molar-refractivity contribution in [1.29, 1.82) is 0 Å². The number of aliphatic hydroxyl groups excluding tert-OH is 1. The quantitative estimate of drug-likeness (QED) is 0.673. The van der Waals surface area contributed by atoms with E-state index in [4.69, 9.17) is 4.74 Å². The lowest BCUT2D eigenvalue weighted by molar-refractivity contribution is -0.0202. The van der Waals surface area contributed by atoms with Crippen LogP contribution in [0.4, 0.5) is 0 Å². The number of hydrogen-bond acceptors (Lipinski definition) is 3. The van der Waals surface area contributed by atoms with Crippen molar-refractivity contribution >= 4 is 0 Å². The van der Waals surface area contributed by atoms with Crippen LogP contribution in [0, 0.1) is 0 Å². The van der Waals surface area contributed by atoms with Gasteiger partial charge in [0.2, 0.25) is 0 Å². The van der Waals surface area contributed by atoms with Crippen LogP contribution in [0.3, 0.4) is 0 Å². The summed E-state index contributed by atoms with van der Waals surface area (Å²) >= 11 is 0. The number of rotatable bonds is 3. The molecule has 0 spiro atoms. The van der Waals surface area contributed by atoms with Crippen molar-refractivity contribution in [2.45, 2.75) is 32.4 Å². The van der Waals surface area contributed by atoms with E-state index in [1.54, 1.807) is 0 Å². The third-order valence-electron chi connectivity index (χ3n) is 2.42. The summed E-state index contributed by atoms with van der Waals surface area (Å²) in [5.74, 6) is 0. The molecule has 0 amide bonds. The molecule has 1 N–H and O–H groups in total. The summed E-state index contributed by atoms with van der Waals surface area (Å²) in [6.07, 6.45) is 0.662. The van der Waals surface area contributed by atoms with Gasteiger partial charge < -0.3 is 9.84 Å². The zero-order valence-corrected chi connectivity index (χ0v) is 7.99. The van der Waals surface area contributed by atoms with Crippen LogP contribution >= 0.6 is 0 Å². The van der Waals surface area contributed by atoms with Gasteiger partial charge in [-0.1, -0.05) is 6.92 Å². The standard InChI is InChI=1S/C9H19NO2/c1-3-9(11)6-10-4-5-12-7-8(10)2/h8-9,11H,3-7H2,1-2H3/t8?,9-/m1/s1. The molecule has 1 rings (SSSR count). The Bertz CT molecular complexity index is 130. The van der Waals surface area contributed by atoms with Crippen LogP contribution in [-0.2, 0) is 4.74 Å². The number of ether oxygens (including phenoxy) is 1. The van der Waals surface area contributed by atoms with E-state index in [1.165, 1.54) is 0 Å². The van der Waals surface area contributed by atoms with Gasteiger partial charge in [0.1, 0.15) is 0 Å². The molecule has 1 aliphatic rings. The third kappa shape index (κ3) is 2.73. The Hall–Kier alpha value is -0.120. The van der Waals surface area contributed by atoms with Crippen LogP contribution in [0.1, 0.15) is 20.3 Å². The summed E-state index contributed by atoms with van der Waals surface area (Å²) in [6, 6.07) is 0.458. The smallest absolute Gasteiger partial charge is 0.0664 e. The first-order chi connectivity index (χ1) is 5.74. The van der Waals surface area contributed by atoms with Gasteiger partial charge >= 0.3 is 0 Å². The lowest BCUT2D eigenvalue weighted by Gasteiger charge is -2.34. The maximum Gasteiger partial charge on any atom is 0.0664 e. The average molecular weight is 173 g/mol. The molecule has 2 atom stereocenters. The van der Waals surface area contributed by atoms with Crippen molar-refractivity contribution in [2.24, 2.45) is 0 Å².